The number of nitro benzene ring substituents is 1. The first-order valence-electron chi connectivity index (χ1n) is 4.59. The van der Waals surface area contributed by atoms with Gasteiger partial charge in [0.05, 0.1) is 23.7 Å². The molecule has 0 radical (unpaired) electrons. The fourth-order valence-electron chi connectivity index (χ4n) is 1.30. The highest BCUT2D eigenvalue weighted by Crippen LogP contribution is 2.30. The standard InChI is InChI=1S/C10H10N2O5/c1-17-6-2-3-8(12(15)16)7(4-6)10(14)9(13)5-11/h2-4,9-10,13-14H,1H3. The van der Waals surface area contributed by atoms with Crippen LogP contribution in [0.5, 0.6) is 5.75 Å². The minimum absolute atomic E-state index is 0.164. The monoisotopic (exact) mass is 238 g/mol. The smallest absolute Gasteiger partial charge is 0.275 e. The fourth-order valence-corrected chi connectivity index (χ4v) is 1.30. The molecule has 2 N–H and O–H groups in total. The highest BCUT2D eigenvalue weighted by atomic mass is 16.6. The zero-order valence-electron chi connectivity index (χ0n) is 8.90. The van der Waals surface area contributed by atoms with Crippen LogP contribution in [0, 0.1) is 21.4 Å². The highest BCUT2D eigenvalue weighted by Gasteiger charge is 2.26. The van der Waals surface area contributed by atoms with Gasteiger partial charge in [-0.25, -0.2) is 0 Å². The molecule has 0 saturated carbocycles. The Labute approximate surface area is 96.6 Å². The van der Waals surface area contributed by atoms with Crippen molar-refractivity contribution in [2.24, 2.45) is 0 Å². The van der Waals surface area contributed by atoms with Crippen LogP contribution in [0.1, 0.15) is 11.7 Å². The molecule has 17 heavy (non-hydrogen) atoms. The normalized spacial score (nSPS) is 13.5. The van der Waals surface area contributed by atoms with E-state index in [9.17, 15) is 20.3 Å². The van der Waals surface area contributed by atoms with Crippen molar-refractivity contribution >= 4 is 5.69 Å². The molecule has 0 saturated heterocycles. The van der Waals surface area contributed by atoms with Gasteiger partial charge in [-0.05, 0) is 12.1 Å². The minimum Gasteiger partial charge on any atom is -0.497 e. The molecule has 1 aromatic rings. The summed E-state index contributed by atoms with van der Waals surface area (Å²) in [6.45, 7) is 0. The number of nitrogens with zero attached hydrogens (tertiary/aromatic N) is 2. The Morgan fingerprint density at radius 2 is 2.18 bits per heavy atom. The summed E-state index contributed by atoms with van der Waals surface area (Å²) in [5.41, 5.74) is -0.545. The molecule has 0 spiro atoms. The van der Waals surface area contributed by atoms with E-state index < -0.39 is 17.1 Å². The molecule has 0 bridgehead atoms. The van der Waals surface area contributed by atoms with Gasteiger partial charge in [0.25, 0.3) is 5.69 Å². The van der Waals surface area contributed by atoms with Crippen molar-refractivity contribution in [2.45, 2.75) is 12.2 Å². The largest absolute Gasteiger partial charge is 0.497 e. The second-order valence-electron chi connectivity index (χ2n) is 3.20. The van der Waals surface area contributed by atoms with E-state index in [0.717, 1.165) is 6.07 Å². The molecule has 0 aliphatic carbocycles. The van der Waals surface area contributed by atoms with Gasteiger partial charge in [0.2, 0.25) is 0 Å². The number of ether oxygens (including phenoxy) is 1. The molecule has 1 rings (SSSR count). The van der Waals surface area contributed by atoms with Gasteiger partial charge in [-0.2, -0.15) is 5.26 Å². The van der Waals surface area contributed by atoms with Gasteiger partial charge in [-0.15, -0.1) is 0 Å². The van der Waals surface area contributed by atoms with E-state index in [1.54, 1.807) is 0 Å². The molecule has 0 aliphatic rings. The lowest BCUT2D eigenvalue weighted by molar-refractivity contribution is -0.386. The number of nitro groups is 1. The van der Waals surface area contributed by atoms with E-state index in [2.05, 4.69) is 0 Å². The first-order chi connectivity index (χ1) is 8.01. The molecule has 0 heterocycles. The van der Waals surface area contributed by atoms with E-state index in [0.29, 0.717) is 0 Å². The lowest BCUT2D eigenvalue weighted by Gasteiger charge is -2.13. The number of nitriles is 1. The predicted octanol–water partition coefficient (Wildman–Crippen LogP) is 0.521. The summed E-state index contributed by atoms with van der Waals surface area (Å²) < 4.78 is 4.85. The Kier molecular flexibility index (Phi) is 3.98. The Bertz CT molecular complexity index is 468. The number of hydrogen-bond donors (Lipinski definition) is 2. The Balaban J connectivity index is 3.27. The van der Waals surface area contributed by atoms with Crippen LogP contribution in [0.2, 0.25) is 0 Å². The molecule has 0 aliphatic heterocycles. The van der Waals surface area contributed by atoms with Crippen molar-refractivity contribution in [1.29, 1.82) is 5.26 Å². The van der Waals surface area contributed by atoms with Gasteiger partial charge in [-0.1, -0.05) is 0 Å². The van der Waals surface area contributed by atoms with E-state index in [-0.39, 0.29) is 17.0 Å². The predicted molar refractivity (Wildman–Crippen MR) is 56.2 cm³/mol. The average Bonchev–Trinajstić information content (AvgIpc) is 2.35. The average molecular weight is 238 g/mol. The molecule has 2 unspecified atom stereocenters. The second-order valence-corrected chi connectivity index (χ2v) is 3.20. The van der Waals surface area contributed by atoms with Crippen molar-refractivity contribution in [3.63, 3.8) is 0 Å². The van der Waals surface area contributed by atoms with E-state index in [1.165, 1.54) is 25.3 Å². The zero-order chi connectivity index (χ0) is 13.0. The Morgan fingerprint density at radius 3 is 2.65 bits per heavy atom. The maximum atomic E-state index is 10.7. The van der Waals surface area contributed by atoms with Crippen LogP contribution >= 0.6 is 0 Å². The van der Waals surface area contributed by atoms with Gasteiger partial charge in [-0.3, -0.25) is 10.1 Å². The quantitative estimate of drug-likeness (QED) is 0.448. The first kappa shape index (κ1) is 12.9. The number of hydrogen-bond acceptors (Lipinski definition) is 6. The minimum atomic E-state index is -1.74. The third-order valence-electron chi connectivity index (χ3n) is 2.18. The van der Waals surface area contributed by atoms with E-state index in [1.807, 2.05) is 0 Å². The van der Waals surface area contributed by atoms with E-state index >= 15 is 0 Å². The van der Waals surface area contributed by atoms with E-state index in [4.69, 9.17) is 10.00 Å². The molecule has 2 atom stereocenters. The van der Waals surface area contributed by atoms with Crippen molar-refractivity contribution in [3.05, 3.63) is 33.9 Å². The molecule has 7 nitrogen and oxygen atoms in total. The number of rotatable bonds is 4. The summed E-state index contributed by atoms with van der Waals surface area (Å²) in [5, 5.41) is 38.0. The first-order valence-corrected chi connectivity index (χ1v) is 4.59. The van der Waals surface area contributed by atoms with Crippen molar-refractivity contribution < 1.29 is 19.9 Å². The number of benzene rings is 1. The Morgan fingerprint density at radius 1 is 1.53 bits per heavy atom. The third kappa shape index (κ3) is 2.69. The summed E-state index contributed by atoms with van der Waals surface area (Å²) in [7, 11) is 1.36. The molecular weight excluding hydrogens is 228 g/mol. The van der Waals surface area contributed by atoms with Crippen molar-refractivity contribution in [2.75, 3.05) is 7.11 Å². The summed E-state index contributed by atoms with van der Waals surface area (Å²) in [5.74, 6) is 0.287. The van der Waals surface area contributed by atoms with Crippen LogP contribution < -0.4 is 4.74 Å². The molecule has 90 valence electrons. The lowest BCUT2D eigenvalue weighted by atomic mass is 10.0. The number of aliphatic hydroxyl groups is 2. The van der Waals surface area contributed by atoms with Gasteiger partial charge < -0.3 is 14.9 Å². The SMILES string of the molecule is COc1ccc([N+](=O)[O-])c(C(O)C(O)C#N)c1. The van der Waals surface area contributed by atoms with Crippen LogP contribution in [-0.2, 0) is 0 Å². The molecule has 0 amide bonds. The van der Waals surface area contributed by atoms with Gasteiger partial charge in [0.15, 0.2) is 6.10 Å². The fraction of sp³-hybridized carbons (Fsp3) is 0.300. The van der Waals surface area contributed by atoms with Crippen LogP contribution in [-0.4, -0.2) is 28.4 Å². The summed E-state index contributed by atoms with van der Waals surface area (Å²) in [6, 6.07) is 5.12. The molecule has 1 aromatic carbocycles. The number of methoxy groups -OCH3 is 1. The number of aliphatic hydroxyl groups excluding tert-OH is 2. The maximum Gasteiger partial charge on any atom is 0.275 e. The summed E-state index contributed by atoms with van der Waals surface area (Å²) >= 11 is 0. The second kappa shape index (κ2) is 5.25. The topological polar surface area (TPSA) is 117 Å². The van der Waals surface area contributed by atoms with Gasteiger partial charge in [0, 0.05) is 6.07 Å². The zero-order valence-corrected chi connectivity index (χ0v) is 8.90. The Hall–Kier alpha value is -2.17. The van der Waals surface area contributed by atoms with Crippen LogP contribution in [0.25, 0.3) is 0 Å². The van der Waals surface area contributed by atoms with Crippen molar-refractivity contribution in [1.82, 2.24) is 0 Å². The molecule has 0 aromatic heterocycles. The molecular formula is C10H10N2O5. The van der Waals surface area contributed by atoms with Gasteiger partial charge >= 0.3 is 0 Å². The molecule has 7 heteroatoms. The summed E-state index contributed by atoms with van der Waals surface area (Å²) in [4.78, 5) is 10.0. The maximum absolute atomic E-state index is 10.7. The summed E-state index contributed by atoms with van der Waals surface area (Å²) in [6.07, 6.45) is -3.39. The van der Waals surface area contributed by atoms with Gasteiger partial charge in [0.1, 0.15) is 11.9 Å². The third-order valence-corrected chi connectivity index (χ3v) is 2.18. The molecule has 0 fully saturated rings. The van der Waals surface area contributed by atoms with Crippen LogP contribution in [0.15, 0.2) is 18.2 Å². The highest BCUT2D eigenvalue weighted by molar-refractivity contribution is 5.47. The van der Waals surface area contributed by atoms with Crippen LogP contribution in [0.3, 0.4) is 0 Å². The van der Waals surface area contributed by atoms with Crippen molar-refractivity contribution in [3.8, 4) is 11.8 Å². The van der Waals surface area contributed by atoms with Crippen LogP contribution in [0.4, 0.5) is 5.69 Å². The lowest BCUT2D eigenvalue weighted by Crippen LogP contribution is -2.17.